The molecule has 0 radical (unpaired) electrons. The molecule has 0 aromatic carbocycles. The van der Waals surface area contributed by atoms with E-state index >= 15 is 0 Å². The third-order valence-corrected chi connectivity index (χ3v) is 7.16. The fourth-order valence-electron chi connectivity index (χ4n) is 2.18. The highest BCUT2D eigenvalue weighted by Crippen LogP contribution is 2.21. The minimum atomic E-state index is -3.37. The topological polar surface area (TPSA) is 71.5 Å². The molecule has 1 saturated heterocycles. The van der Waals surface area contributed by atoms with Crippen molar-refractivity contribution < 1.29 is 16.8 Å². The summed E-state index contributed by atoms with van der Waals surface area (Å²) in [5.74, 6) is 0.532. The zero-order valence-corrected chi connectivity index (χ0v) is 12.9. The van der Waals surface area contributed by atoms with Crippen LogP contribution in [0.15, 0.2) is 0 Å². The zero-order chi connectivity index (χ0) is 13.8. The quantitative estimate of drug-likeness (QED) is 0.515. The molecule has 0 aromatic heterocycles. The van der Waals surface area contributed by atoms with Crippen molar-refractivity contribution in [1.82, 2.24) is 4.31 Å². The molecule has 1 atom stereocenters. The zero-order valence-electron chi connectivity index (χ0n) is 10.5. The lowest BCUT2D eigenvalue weighted by Gasteiger charge is -2.25. The van der Waals surface area contributed by atoms with Gasteiger partial charge in [0.25, 0.3) is 0 Å². The van der Waals surface area contributed by atoms with Crippen LogP contribution >= 0.6 is 11.6 Å². The lowest BCUT2D eigenvalue weighted by atomic mass is 10.3. The Labute approximate surface area is 114 Å². The summed E-state index contributed by atoms with van der Waals surface area (Å²) in [6.07, 6.45) is 1.58. The largest absolute Gasteiger partial charge is 0.229 e. The molecule has 1 fully saturated rings. The van der Waals surface area contributed by atoms with Crippen LogP contribution in [0.4, 0.5) is 0 Å². The number of sulfone groups is 1. The first kappa shape index (κ1) is 16.2. The maximum absolute atomic E-state index is 12.1. The normalized spacial score (nSPS) is 23.6. The third kappa shape index (κ3) is 4.36. The van der Waals surface area contributed by atoms with Crippen LogP contribution in [0.2, 0.25) is 0 Å². The number of hydrogen-bond donors (Lipinski definition) is 0. The van der Waals surface area contributed by atoms with Crippen LogP contribution in [-0.4, -0.2) is 56.9 Å². The average Bonchev–Trinajstić information content (AvgIpc) is 2.59. The monoisotopic (exact) mass is 317 g/mol. The number of hydrogen-bond acceptors (Lipinski definition) is 4. The molecule has 0 amide bonds. The molecule has 1 rings (SSSR count). The van der Waals surface area contributed by atoms with Gasteiger partial charge in [0.05, 0.1) is 17.3 Å². The van der Waals surface area contributed by atoms with Crippen LogP contribution in [0.3, 0.4) is 0 Å². The number of alkyl halides is 1. The smallest absolute Gasteiger partial charge is 0.214 e. The molecule has 1 aliphatic heterocycles. The van der Waals surface area contributed by atoms with E-state index < -0.39 is 19.9 Å². The van der Waals surface area contributed by atoms with Gasteiger partial charge in [-0.25, -0.2) is 16.8 Å². The van der Waals surface area contributed by atoms with E-state index in [9.17, 15) is 16.8 Å². The average molecular weight is 318 g/mol. The fraction of sp³-hybridized carbons (Fsp3) is 1.00. The van der Waals surface area contributed by atoms with Crippen LogP contribution in [0.5, 0.6) is 0 Å². The molecule has 1 aliphatic rings. The summed E-state index contributed by atoms with van der Waals surface area (Å²) in [6, 6.07) is -0.388. The first-order chi connectivity index (χ1) is 8.32. The highest BCUT2D eigenvalue weighted by molar-refractivity contribution is 7.92. The maximum atomic E-state index is 12.1. The van der Waals surface area contributed by atoms with Crippen molar-refractivity contribution in [2.45, 2.75) is 32.2 Å². The molecule has 0 aromatic rings. The summed E-state index contributed by atoms with van der Waals surface area (Å²) in [6.45, 7) is 2.06. The van der Waals surface area contributed by atoms with Gasteiger partial charge < -0.3 is 0 Å². The molecule has 1 heterocycles. The van der Waals surface area contributed by atoms with Gasteiger partial charge in [-0.2, -0.15) is 4.31 Å². The molecule has 108 valence electrons. The van der Waals surface area contributed by atoms with Gasteiger partial charge >= 0.3 is 0 Å². The van der Waals surface area contributed by atoms with E-state index in [-0.39, 0.29) is 23.3 Å². The van der Waals surface area contributed by atoms with E-state index in [0.29, 0.717) is 31.7 Å². The van der Waals surface area contributed by atoms with E-state index in [2.05, 4.69) is 0 Å². The van der Waals surface area contributed by atoms with E-state index in [4.69, 9.17) is 11.6 Å². The number of nitrogens with zero attached hydrogens (tertiary/aromatic N) is 1. The summed E-state index contributed by atoms with van der Waals surface area (Å²) in [7, 11) is -6.43. The summed E-state index contributed by atoms with van der Waals surface area (Å²) >= 11 is 5.52. The van der Waals surface area contributed by atoms with Crippen LogP contribution in [0, 0.1) is 0 Å². The summed E-state index contributed by atoms with van der Waals surface area (Å²) in [5, 5.41) is 0. The molecule has 0 bridgehead atoms. The van der Waals surface area contributed by atoms with Crippen molar-refractivity contribution in [3.63, 3.8) is 0 Å². The fourth-order valence-corrected chi connectivity index (χ4v) is 6.03. The molecule has 1 unspecified atom stereocenters. The van der Waals surface area contributed by atoms with Gasteiger partial charge in [-0.3, -0.25) is 0 Å². The van der Waals surface area contributed by atoms with E-state index in [0.717, 1.165) is 0 Å². The Kier molecular flexibility index (Phi) is 5.89. The van der Waals surface area contributed by atoms with Gasteiger partial charge in [0.15, 0.2) is 9.84 Å². The number of rotatable bonds is 7. The van der Waals surface area contributed by atoms with Crippen molar-refractivity contribution in [3.8, 4) is 0 Å². The maximum Gasteiger partial charge on any atom is 0.214 e. The van der Waals surface area contributed by atoms with Crippen molar-refractivity contribution in [1.29, 1.82) is 0 Å². The minimum Gasteiger partial charge on any atom is -0.229 e. The van der Waals surface area contributed by atoms with E-state index in [1.807, 2.05) is 0 Å². The Balaban J connectivity index is 2.71. The Hall–Kier alpha value is 0.150. The molecule has 8 heteroatoms. The van der Waals surface area contributed by atoms with Crippen molar-refractivity contribution in [3.05, 3.63) is 0 Å². The number of halogens is 1. The molecule has 5 nitrogen and oxygen atoms in total. The van der Waals surface area contributed by atoms with Crippen LogP contribution in [0.1, 0.15) is 26.2 Å². The van der Waals surface area contributed by atoms with E-state index in [1.54, 1.807) is 6.92 Å². The second-order valence-corrected chi connectivity index (χ2v) is 9.12. The molecular formula is C10H20ClNO4S2. The standard InChI is InChI=1S/C10H20ClNO4S2/c1-2-12(10-5-8-17(13,14)9-10)18(15,16)7-4-3-6-11/h10H,2-9H2,1H3. The number of unbranched alkanes of at least 4 members (excludes halogenated alkanes) is 1. The first-order valence-corrected chi connectivity index (χ1v) is 10.0. The molecule has 0 aliphatic carbocycles. The Morgan fingerprint density at radius 2 is 2.00 bits per heavy atom. The SMILES string of the molecule is CCN(C1CCS(=O)(=O)C1)S(=O)(=O)CCCCCl. The highest BCUT2D eigenvalue weighted by atomic mass is 35.5. The van der Waals surface area contributed by atoms with Crippen molar-refractivity contribution >= 4 is 31.5 Å². The third-order valence-electron chi connectivity index (χ3n) is 3.07. The molecule has 18 heavy (non-hydrogen) atoms. The van der Waals surface area contributed by atoms with Gasteiger partial charge in [-0.1, -0.05) is 6.92 Å². The Morgan fingerprint density at radius 1 is 1.33 bits per heavy atom. The molecule has 0 N–H and O–H groups in total. The summed E-state index contributed by atoms with van der Waals surface area (Å²) in [4.78, 5) is 0. The van der Waals surface area contributed by atoms with Gasteiger partial charge in [0, 0.05) is 18.5 Å². The number of sulfonamides is 1. The Bertz CT molecular complexity index is 460. The predicted molar refractivity (Wildman–Crippen MR) is 73.2 cm³/mol. The second-order valence-electron chi connectivity index (χ2n) is 4.47. The van der Waals surface area contributed by atoms with E-state index in [1.165, 1.54) is 4.31 Å². The molecule has 0 spiro atoms. The first-order valence-electron chi connectivity index (χ1n) is 6.08. The van der Waals surface area contributed by atoms with Crippen LogP contribution < -0.4 is 0 Å². The van der Waals surface area contributed by atoms with Gasteiger partial charge in [0.2, 0.25) is 10.0 Å². The van der Waals surface area contributed by atoms with Crippen LogP contribution in [-0.2, 0) is 19.9 Å². The minimum absolute atomic E-state index is 0.0457. The van der Waals surface area contributed by atoms with Gasteiger partial charge in [0.1, 0.15) is 0 Å². The van der Waals surface area contributed by atoms with Crippen molar-refractivity contribution in [2.24, 2.45) is 0 Å². The van der Waals surface area contributed by atoms with Gasteiger partial charge in [-0.15, -0.1) is 11.6 Å². The van der Waals surface area contributed by atoms with Crippen LogP contribution in [0.25, 0.3) is 0 Å². The predicted octanol–water partition coefficient (Wildman–Crippen LogP) is 0.844. The Morgan fingerprint density at radius 3 is 2.44 bits per heavy atom. The lowest BCUT2D eigenvalue weighted by Crippen LogP contribution is -2.42. The second kappa shape index (κ2) is 6.54. The van der Waals surface area contributed by atoms with Crippen molar-refractivity contribution in [2.75, 3.05) is 29.7 Å². The van der Waals surface area contributed by atoms with Gasteiger partial charge in [-0.05, 0) is 19.3 Å². The lowest BCUT2D eigenvalue weighted by molar-refractivity contribution is 0.354. The highest BCUT2D eigenvalue weighted by Gasteiger charge is 2.36. The molecular weight excluding hydrogens is 298 g/mol. The summed E-state index contributed by atoms with van der Waals surface area (Å²) in [5.41, 5.74) is 0. The summed E-state index contributed by atoms with van der Waals surface area (Å²) < 4.78 is 48.4. The molecule has 0 saturated carbocycles.